The minimum atomic E-state index is 0. The smallest absolute Gasteiger partial charge is 0.191 e. The Hall–Kier alpha value is -1.88. The molecule has 0 radical (unpaired) electrons. The second-order valence-corrected chi connectivity index (χ2v) is 7.45. The number of hydrogen-bond donors (Lipinski definition) is 2. The molecule has 0 aliphatic carbocycles. The van der Waals surface area contributed by atoms with Crippen LogP contribution < -0.4 is 15.4 Å². The lowest BCUT2D eigenvalue weighted by Crippen LogP contribution is -2.47. The number of fused-ring (bicyclic) bond motifs is 1. The molecule has 1 aromatic heterocycles. The Labute approximate surface area is 202 Å². The van der Waals surface area contributed by atoms with Crippen molar-refractivity contribution in [3.63, 3.8) is 0 Å². The molecule has 1 unspecified atom stereocenters. The quantitative estimate of drug-likeness (QED) is 0.273. The third-order valence-electron chi connectivity index (χ3n) is 4.90. The van der Waals surface area contributed by atoms with E-state index >= 15 is 0 Å². The van der Waals surface area contributed by atoms with Crippen LogP contribution in [0.25, 0.3) is 0 Å². The molecule has 1 aromatic carbocycles. The van der Waals surface area contributed by atoms with E-state index in [-0.39, 0.29) is 30.0 Å². The zero-order valence-corrected chi connectivity index (χ0v) is 21.1. The van der Waals surface area contributed by atoms with E-state index in [4.69, 9.17) is 14.5 Å². The first kappa shape index (κ1) is 25.4. The summed E-state index contributed by atoms with van der Waals surface area (Å²) in [5.41, 5.74) is 1.23. The second-order valence-electron chi connectivity index (χ2n) is 7.45. The maximum atomic E-state index is 5.73. The standard InChI is InChI=1S/C22H34N6O2.HI/c1-4-13-30-19-8-6-7-17(14-19)11-12-24-22(23-5-2)25-18-9-10-21-26-20(16-29-3)27-28(21)15-18;/h6-8,14,18H,4-5,9-13,15-16H2,1-3H3,(H2,23,24,25);1H. The van der Waals surface area contributed by atoms with Gasteiger partial charge in [0.05, 0.1) is 13.2 Å². The Kier molecular flexibility index (Phi) is 11.1. The fourth-order valence-corrected chi connectivity index (χ4v) is 3.49. The summed E-state index contributed by atoms with van der Waals surface area (Å²) in [6, 6.07) is 8.56. The SMILES string of the molecule is CCCOc1cccc(CCN=C(NCC)NC2CCc3nc(COC)nn3C2)c1.I. The summed E-state index contributed by atoms with van der Waals surface area (Å²) in [5.74, 6) is 3.56. The lowest BCUT2D eigenvalue weighted by Gasteiger charge is -2.25. The van der Waals surface area contributed by atoms with Gasteiger partial charge in [-0.25, -0.2) is 9.67 Å². The minimum Gasteiger partial charge on any atom is -0.494 e. The zero-order chi connectivity index (χ0) is 21.2. The van der Waals surface area contributed by atoms with Crippen molar-refractivity contribution in [1.29, 1.82) is 0 Å². The molecule has 0 saturated carbocycles. The summed E-state index contributed by atoms with van der Waals surface area (Å²) in [4.78, 5) is 9.32. The van der Waals surface area contributed by atoms with Crippen LogP contribution in [0.2, 0.25) is 0 Å². The van der Waals surface area contributed by atoms with Crippen molar-refractivity contribution in [3.05, 3.63) is 41.5 Å². The molecule has 0 fully saturated rings. The molecule has 1 aliphatic heterocycles. The third-order valence-corrected chi connectivity index (χ3v) is 4.90. The van der Waals surface area contributed by atoms with Crippen molar-refractivity contribution in [3.8, 4) is 5.75 Å². The van der Waals surface area contributed by atoms with E-state index in [0.29, 0.717) is 13.2 Å². The van der Waals surface area contributed by atoms with Crippen LogP contribution in [0, 0.1) is 0 Å². The molecule has 0 bridgehead atoms. The predicted octanol–water partition coefficient (Wildman–Crippen LogP) is 2.94. The molecule has 9 heteroatoms. The first-order chi connectivity index (χ1) is 14.7. The minimum absolute atomic E-state index is 0. The summed E-state index contributed by atoms with van der Waals surface area (Å²) in [5, 5.41) is 11.5. The number of halogens is 1. The van der Waals surface area contributed by atoms with Gasteiger partial charge in [-0.1, -0.05) is 19.1 Å². The van der Waals surface area contributed by atoms with E-state index in [1.54, 1.807) is 7.11 Å². The normalized spacial score (nSPS) is 15.7. The molecule has 0 amide bonds. The van der Waals surface area contributed by atoms with Gasteiger partial charge in [-0.05, 0) is 43.9 Å². The van der Waals surface area contributed by atoms with Crippen LogP contribution in [0.3, 0.4) is 0 Å². The number of nitrogens with one attached hydrogen (secondary N) is 2. The molecule has 172 valence electrons. The van der Waals surface area contributed by atoms with Crippen LogP contribution in [0.1, 0.15) is 43.9 Å². The van der Waals surface area contributed by atoms with Gasteiger partial charge in [-0.3, -0.25) is 4.99 Å². The lowest BCUT2D eigenvalue weighted by molar-refractivity contribution is 0.177. The molecule has 0 saturated heterocycles. The number of ether oxygens (including phenoxy) is 2. The predicted molar refractivity (Wildman–Crippen MR) is 133 cm³/mol. The van der Waals surface area contributed by atoms with E-state index < -0.39 is 0 Å². The molecule has 3 rings (SSSR count). The molecule has 8 nitrogen and oxygen atoms in total. The Morgan fingerprint density at radius 1 is 1.32 bits per heavy atom. The molecule has 0 spiro atoms. The van der Waals surface area contributed by atoms with Gasteiger partial charge in [0, 0.05) is 32.7 Å². The molecular weight excluding hydrogens is 507 g/mol. The van der Waals surface area contributed by atoms with Crippen LogP contribution in [0.15, 0.2) is 29.3 Å². The Bertz CT molecular complexity index is 826. The highest BCUT2D eigenvalue weighted by Gasteiger charge is 2.22. The Balaban J connectivity index is 0.00000341. The van der Waals surface area contributed by atoms with E-state index in [1.165, 1.54) is 5.56 Å². The van der Waals surface area contributed by atoms with E-state index in [0.717, 1.165) is 68.7 Å². The molecule has 31 heavy (non-hydrogen) atoms. The van der Waals surface area contributed by atoms with E-state index in [2.05, 4.69) is 46.7 Å². The van der Waals surface area contributed by atoms with Gasteiger partial charge in [0.25, 0.3) is 0 Å². The van der Waals surface area contributed by atoms with Gasteiger partial charge in [-0.2, -0.15) is 5.10 Å². The van der Waals surface area contributed by atoms with Gasteiger partial charge in [0.2, 0.25) is 0 Å². The zero-order valence-electron chi connectivity index (χ0n) is 18.8. The number of aliphatic imine (C=N–C) groups is 1. The Morgan fingerprint density at radius 2 is 2.19 bits per heavy atom. The van der Waals surface area contributed by atoms with Gasteiger partial charge in [0.1, 0.15) is 18.2 Å². The maximum absolute atomic E-state index is 5.73. The summed E-state index contributed by atoms with van der Waals surface area (Å²) in [6.07, 6.45) is 3.79. The highest BCUT2D eigenvalue weighted by atomic mass is 127. The molecule has 1 aliphatic rings. The topological polar surface area (TPSA) is 85.6 Å². The van der Waals surface area contributed by atoms with E-state index in [9.17, 15) is 0 Å². The Morgan fingerprint density at radius 3 is 2.97 bits per heavy atom. The lowest BCUT2D eigenvalue weighted by atomic mass is 10.1. The summed E-state index contributed by atoms with van der Waals surface area (Å²) in [7, 11) is 1.66. The number of benzene rings is 1. The summed E-state index contributed by atoms with van der Waals surface area (Å²) in [6.45, 7) is 7.72. The molecule has 2 N–H and O–H groups in total. The average Bonchev–Trinajstić information content (AvgIpc) is 3.14. The van der Waals surface area contributed by atoms with Gasteiger partial charge < -0.3 is 20.1 Å². The van der Waals surface area contributed by atoms with Crippen molar-refractivity contribution in [2.45, 2.75) is 58.7 Å². The van der Waals surface area contributed by atoms with Crippen LogP contribution in [0.4, 0.5) is 0 Å². The highest BCUT2D eigenvalue weighted by Crippen LogP contribution is 2.15. The van der Waals surface area contributed by atoms with Crippen molar-refractivity contribution in [1.82, 2.24) is 25.4 Å². The van der Waals surface area contributed by atoms with Crippen LogP contribution >= 0.6 is 24.0 Å². The average molecular weight is 542 g/mol. The fraction of sp³-hybridized carbons (Fsp3) is 0.591. The van der Waals surface area contributed by atoms with Crippen molar-refractivity contribution < 1.29 is 9.47 Å². The van der Waals surface area contributed by atoms with Crippen molar-refractivity contribution in [2.24, 2.45) is 4.99 Å². The first-order valence-electron chi connectivity index (χ1n) is 10.9. The highest BCUT2D eigenvalue weighted by molar-refractivity contribution is 14.0. The number of hydrogen-bond acceptors (Lipinski definition) is 5. The summed E-state index contributed by atoms with van der Waals surface area (Å²) >= 11 is 0. The molecule has 2 heterocycles. The second kappa shape index (κ2) is 13.5. The van der Waals surface area contributed by atoms with Gasteiger partial charge in [-0.15, -0.1) is 24.0 Å². The van der Waals surface area contributed by atoms with E-state index in [1.807, 2.05) is 16.8 Å². The van der Waals surface area contributed by atoms with Crippen LogP contribution in [-0.4, -0.2) is 53.6 Å². The number of aromatic nitrogens is 3. The summed E-state index contributed by atoms with van der Waals surface area (Å²) < 4.78 is 12.9. The van der Waals surface area contributed by atoms with Crippen LogP contribution in [-0.2, 0) is 30.7 Å². The van der Waals surface area contributed by atoms with Crippen molar-refractivity contribution >= 4 is 29.9 Å². The van der Waals surface area contributed by atoms with Gasteiger partial charge in [0.15, 0.2) is 11.8 Å². The van der Waals surface area contributed by atoms with Crippen molar-refractivity contribution in [2.75, 3.05) is 26.8 Å². The third kappa shape index (κ3) is 7.95. The monoisotopic (exact) mass is 542 g/mol. The number of nitrogens with zero attached hydrogens (tertiary/aromatic N) is 4. The van der Waals surface area contributed by atoms with Crippen LogP contribution in [0.5, 0.6) is 5.75 Å². The maximum Gasteiger partial charge on any atom is 0.191 e. The number of methoxy groups -OCH3 is 1. The number of aryl methyl sites for hydroxylation is 1. The number of rotatable bonds is 10. The molecule has 1 atom stereocenters. The first-order valence-corrected chi connectivity index (χ1v) is 10.9. The largest absolute Gasteiger partial charge is 0.494 e. The number of guanidine groups is 1. The molecular formula is C22H35IN6O2. The molecule has 2 aromatic rings. The van der Waals surface area contributed by atoms with Gasteiger partial charge >= 0.3 is 0 Å². The fourth-order valence-electron chi connectivity index (χ4n) is 3.49.